The quantitative estimate of drug-likeness (QED) is 0.292. The van der Waals surface area contributed by atoms with Crippen molar-refractivity contribution in [3.63, 3.8) is 0 Å². The second-order valence-corrected chi connectivity index (χ2v) is 8.13. The van der Waals surface area contributed by atoms with Gasteiger partial charge < -0.3 is 0 Å². The molecule has 0 saturated carbocycles. The van der Waals surface area contributed by atoms with Crippen molar-refractivity contribution in [1.82, 2.24) is 0 Å². The zero-order chi connectivity index (χ0) is 18.8. The summed E-state index contributed by atoms with van der Waals surface area (Å²) in [6.07, 6.45) is 6.30. The first-order chi connectivity index (χ1) is 11.1. The van der Waals surface area contributed by atoms with E-state index in [9.17, 15) is 13.2 Å². The van der Waals surface area contributed by atoms with Crippen LogP contribution in [0.2, 0.25) is 0 Å². The molecule has 0 bridgehead atoms. The van der Waals surface area contributed by atoms with Crippen LogP contribution in [0.1, 0.15) is 106 Å². The SMILES string of the molecule is CCCC(CCCCCCC(C)C(C)(CC)CC)C(C)C(F)(F)F. The van der Waals surface area contributed by atoms with Crippen LogP contribution >= 0.6 is 0 Å². The highest BCUT2D eigenvalue weighted by molar-refractivity contribution is 4.77. The average Bonchev–Trinajstić information content (AvgIpc) is 2.54. The highest BCUT2D eigenvalue weighted by Gasteiger charge is 2.40. The van der Waals surface area contributed by atoms with Gasteiger partial charge in [0.2, 0.25) is 0 Å². The molecule has 0 rings (SSSR count). The summed E-state index contributed by atoms with van der Waals surface area (Å²) in [6, 6.07) is 0. The van der Waals surface area contributed by atoms with E-state index in [0.717, 1.165) is 38.0 Å². The minimum absolute atomic E-state index is 0.197. The Morgan fingerprint density at radius 1 is 0.750 bits per heavy atom. The van der Waals surface area contributed by atoms with E-state index in [4.69, 9.17) is 0 Å². The fraction of sp³-hybridized carbons (Fsp3) is 1.00. The molecule has 0 aromatic carbocycles. The van der Waals surface area contributed by atoms with Gasteiger partial charge >= 0.3 is 6.18 Å². The Morgan fingerprint density at radius 3 is 1.67 bits per heavy atom. The lowest BCUT2D eigenvalue weighted by molar-refractivity contribution is -0.184. The maximum absolute atomic E-state index is 12.9. The molecular weight excluding hydrogens is 309 g/mol. The molecule has 0 aromatic heterocycles. The Balaban J connectivity index is 4.06. The minimum Gasteiger partial charge on any atom is -0.171 e. The first kappa shape index (κ1) is 23.8. The Hall–Kier alpha value is -0.210. The third kappa shape index (κ3) is 8.25. The van der Waals surface area contributed by atoms with Gasteiger partial charge in [-0.3, -0.25) is 0 Å². The summed E-state index contributed by atoms with van der Waals surface area (Å²) in [4.78, 5) is 0. The molecule has 0 nitrogen and oxygen atoms in total. The molecule has 146 valence electrons. The first-order valence-corrected chi connectivity index (χ1v) is 10.2. The van der Waals surface area contributed by atoms with Gasteiger partial charge in [-0.15, -0.1) is 0 Å². The van der Waals surface area contributed by atoms with Crippen LogP contribution in [0.15, 0.2) is 0 Å². The van der Waals surface area contributed by atoms with Gasteiger partial charge in [0.25, 0.3) is 0 Å². The molecule has 3 unspecified atom stereocenters. The number of hydrogen-bond acceptors (Lipinski definition) is 0. The fourth-order valence-corrected chi connectivity index (χ4v) is 3.79. The van der Waals surface area contributed by atoms with E-state index in [0.29, 0.717) is 11.8 Å². The molecule has 0 spiro atoms. The Labute approximate surface area is 149 Å². The van der Waals surface area contributed by atoms with Crippen LogP contribution in [-0.2, 0) is 0 Å². The minimum atomic E-state index is -4.04. The molecule has 3 atom stereocenters. The van der Waals surface area contributed by atoms with E-state index in [1.165, 1.54) is 32.6 Å². The van der Waals surface area contributed by atoms with E-state index in [1.807, 2.05) is 6.92 Å². The molecule has 0 heterocycles. The molecular formula is C21H41F3. The van der Waals surface area contributed by atoms with E-state index < -0.39 is 12.1 Å². The summed E-state index contributed by atoms with van der Waals surface area (Å²) in [5.74, 6) is -0.629. The van der Waals surface area contributed by atoms with Gasteiger partial charge in [0.1, 0.15) is 0 Å². The highest BCUT2D eigenvalue weighted by atomic mass is 19.4. The maximum atomic E-state index is 12.9. The van der Waals surface area contributed by atoms with Crippen molar-refractivity contribution in [3.8, 4) is 0 Å². The third-order valence-corrected chi connectivity index (χ3v) is 6.65. The van der Waals surface area contributed by atoms with Gasteiger partial charge in [-0.05, 0) is 23.7 Å². The van der Waals surface area contributed by atoms with Crippen molar-refractivity contribution >= 4 is 0 Å². The van der Waals surface area contributed by atoms with Crippen LogP contribution < -0.4 is 0 Å². The van der Waals surface area contributed by atoms with Gasteiger partial charge in [-0.1, -0.05) is 99.3 Å². The molecule has 0 radical (unpaired) electrons. The lowest BCUT2D eigenvalue weighted by Crippen LogP contribution is -2.27. The predicted octanol–water partition coefficient (Wildman–Crippen LogP) is 8.40. The van der Waals surface area contributed by atoms with Gasteiger partial charge in [0, 0.05) is 0 Å². The number of unbranched alkanes of at least 4 members (excludes halogenated alkanes) is 3. The monoisotopic (exact) mass is 350 g/mol. The normalized spacial score (nSPS) is 16.9. The van der Waals surface area contributed by atoms with Crippen LogP contribution in [0.3, 0.4) is 0 Å². The van der Waals surface area contributed by atoms with Crippen LogP contribution in [0.25, 0.3) is 0 Å². The average molecular weight is 351 g/mol. The molecule has 0 aromatic rings. The van der Waals surface area contributed by atoms with Crippen molar-refractivity contribution < 1.29 is 13.2 Å². The maximum Gasteiger partial charge on any atom is 0.391 e. The van der Waals surface area contributed by atoms with Crippen molar-refractivity contribution in [2.45, 2.75) is 112 Å². The lowest BCUT2D eigenvalue weighted by Gasteiger charge is -2.34. The third-order valence-electron chi connectivity index (χ3n) is 6.65. The summed E-state index contributed by atoms with van der Waals surface area (Å²) in [6.45, 7) is 12.6. The number of alkyl halides is 3. The molecule has 0 aliphatic rings. The molecule has 0 aliphatic heterocycles. The Bertz CT molecular complexity index is 305. The summed E-state index contributed by atoms with van der Waals surface area (Å²) < 4.78 is 38.8. The van der Waals surface area contributed by atoms with Gasteiger partial charge in [-0.2, -0.15) is 13.2 Å². The standard InChI is InChI=1S/C21H41F3/c1-7-14-19(18(5)21(22,23)24)16-13-11-10-12-15-17(4)20(6,8-2)9-3/h17-19H,7-16H2,1-6H3. The Kier molecular flexibility index (Phi) is 11.3. The zero-order valence-corrected chi connectivity index (χ0v) is 16.9. The molecule has 0 N–H and O–H groups in total. The molecule has 3 heteroatoms. The van der Waals surface area contributed by atoms with Crippen LogP contribution in [-0.4, -0.2) is 6.18 Å². The Morgan fingerprint density at radius 2 is 1.25 bits per heavy atom. The van der Waals surface area contributed by atoms with E-state index in [-0.39, 0.29) is 5.92 Å². The van der Waals surface area contributed by atoms with E-state index in [1.54, 1.807) is 0 Å². The molecule has 24 heavy (non-hydrogen) atoms. The van der Waals surface area contributed by atoms with Crippen LogP contribution in [0.4, 0.5) is 13.2 Å². The van der Waals surface area contributed by atoms with E-state index in [2.05, 4.69) is 27.7 Å². The summed E-state index contributed by atoms with van der Waals surface area (Å²) in [5, 5.41) is 0. The van der Waals surface area contributed by atoms with Crippen molar-refractivity contribution in [1.29, 1.82) is 0 Å². The van der Waals surface area contributed by atoms with Crippen LogP contribution in [0.5, 0.6) is 0 Å². The summed E-state index contributed by atoms with van der Waals surface area (Å²) in [5.41, 5.74) is 0.439. The number of rotatable bonds is 13. The van der Waals surface area contributed by atoms with Gasteiger partial charge in [-0.25, -0.2) is 0 Å². The van der Waals surface area contributed by atoms with Crippen molar-refractivity contribution in [2.24, 2.45) is 23.2 Å². The first-order valence-electron chi connectivity index (χ1n) is 10.2. The lowest BCUT2D eigenvalue weighted by atomic mass is 9.72. The van der Waals surface area contributed by atoms with Crippen molar-refractivity contribution in [3.05, 3.63) is 0 Å². The largest absolute Gasteiger partial charge is 0.391 e. The molecule has 0 saturated heterocycles. The summed E-state index contributed by atoms with van der Waals surface area (Å²) in [7, 11) is 0. The smallest absolute Gasteiger partial charge is 0.171 e. The zero-order valence-electron chi connectivity index (χ0n) is 16.9. The number of hydrogen-bond donors (Lipinski definition) is 0. The molecule has 0 fully saturated rings. The summed E-state index contributed by atoms with van der Waals surface area (Å²) >= 11 is 0. The second kappa shape index (κ2) is 11.4. The van der Waals surface area contributed by atoms with Gasteiger partial charge in [0.15, 0.2) is 0 Å². The second-order valence-electron chi connectivity index (χ2n) is 8.13. The topological polar surface area (TPSA) is 0 Å². The van der Waals surface area contributed by atoms with Crippen molar-refractivity contribution in [2.75, 3.05) is 0 Å². The number of halogens is 3. The van der Waals surface area contributed by atoms with Gasteiger partial charge in [0.05, 0.1) is 5.92 Å². The van der Waals surface area contributed by atoms with Crippen LogP contribution in [0, 0.1) is 23.2 Å². The predicted molar refractivity (Wildman–Crippen MR) is 99.2 cm³/mol. The molecule has 0 amide bonds. The fourth-order valence-electron chi connectivity index (χ4n) is 3.79. The highest BCUT2D eigenvalue weighted by Crippen LogP contribution is 2.38. The molecule has 0 aliphatic carbocycles. The van der Waals surface area contributed by atoms with E-state index >= 15 is 0 Å².